The minimum atomic E-state index is -0.0163. The monoisotopic (exact) mass is 268 g/mol. The Morgan fingerprint density at radius 3 is 2.63 bits per heavy atom. The zero-order valence-electron chi connectivity index (χ0n) is 13.0. The zero-order chi connectivity index (χ0) is 13.9. The number of hydrogen-bond acceptors (Lipinski definition) is 3. The average Bonchev–Trinajstić information content (AvgIpc) is 2.76. The van der Waals surface area contributed by atoms with Crippen molar-refractivity contribution < 1.29 is 5.11 Å². The van der Waals surface area contributed by atoms with Crippen LogP contribution in [-0.4, -0.2) is 46.8 Å². The first-order valence-electron chi connectivity index (χ1n) is 8.16. The molecular weight excluding hydrogens is 236 g/mol. The second-order valence-corrected chi connectivity index (χ2v) is 7.22. The number of rotatable bonds is 5. The van der Waals surface area contributed by atoms with Gasteiger partial charge in [0.1, 0.15) is 0 Å². The van der Waals surface area contributed by atoms with Crippen LogP contribution in [0.25, 0.3) is 0 Å². The molecule has 0 amide bonds. The van der Waals surface area contributed by atoms with E-state index in [0.29, 0.717) is 11.6 Å². The van der Waals surface area contributed by atoms with E-state index in [0.717, 1.165) is 25.8 Å². The fraction of sp³-hybridized carbons (Fsp3) is 1.00. The first-order chi connectivity index (χ1) is 9.03. The quantitative estimate of drug-likeness (QED) is 0.804. The molecule has 2 rings (SSSR count). The third-order valence-corrected chi connectivity index (χ3v) is 5.28. The number of aliphatic hydroxyl groups is 1. The van der Waals surface area contributed by atoms with Crippen molar-refractivity contribution in [2.75, 3.05) is 19.7 Å². The summed E-state index contributed by atoms with van der Waals surface area (Å²) in [6.07, 6.45) is 8.59. The maximum atomic E-state index is 9.88. The summed E-state index contributed by atoms with van der Waals surface area (Å²) in [6.45, 7) is 9.52. The van der Waals surface area contributed by atoms with Crippen molar-refractivity contribution in [3.8, 4) is 0 Å². The summed E-state index contributed by atoms with van der Waals surface area (Å²) in [5.74, 6) is 0. The predicted molar refractivity (Wildman–Crippen MR) is 80.4 cm³/mol. The Morgan fingerprint density at radius 1 is 1.26 bits per heavy atom. The van der Waals surface area contributed by atoms with Gasteiger partial charge >= 0.3 is 0 Å². The summed E-state index contributed by atoms with van der Waals surface area (Å²) in [5.41, 5.74) is 0.339. The minimum Gasteiger partial charge on any atom is -0.394 e. The second kappa shape index (κ2) is 6.11. The average molecular weight is 268 g/mol. The lowest BCUT2D eigenvalue weighted by Crippen LogP contribution is -2.58. The summed E-state index contributed by atoms with van der Waals surface area (Å²) >= 11 is 0. The van der Waals surface area contributed by atoms with Crippen LogP contribution in [-0.2, 0) is 0 Å². The summed E-state index contributed by atoms with van der Waals surface area (Å²) in [4.78, 5) is 2.71. The maximum Gasteiger partial charge on any atom is 0.0613 e. The van der Waals surface area contributed by atoms with Crippen molar-refractivity contribution >= 4 is 0 Å². The van der Waals surface area contributed by atoms with Crippen LogP contribution in [0.2, 0.25) is 0 Å². The van der Waals surface area contributed by atoms with E-state index in [1.165, 1.54) is 32.2 Å². The predicted octanol–water partition coefficient (Wildman–Crippen LogP) is 2.53. The van der Waals surface area contributed by atoms with Gasteiger partial charge in [0.05, 0.1) is 6.61 Å². The number of nitrogens with one attached hydrogen (secondary N) is 1. The van der Waals surface area contributed by atoms with E-state index in [1.807, 2.05) is 0 Å². The summed E-state index contributed by atoms with van der Waals surface area (Å²) < 4.78 is 0. The molecule has 19 heavy (non-hydrogen) atoms. The van der Waals surface area contributed by atoms with Crippen molar-refractivity contribution in [1.82, 2.24) is 10.2 Å². The molecule has 0 aromatic heterocycles. The van der Waals surface area contributed by atoms with Crippen LogP contribution in [0.3, 0.4) is 0 Å². The van der Waals surface area contributed by atoms with E-state index in [2.05, 4.69) is 31.0 Å². The molecule has 3 nitrogen and oxygen atoms in total. The molecular formula is C16H32N2O. The van der Waals surface area contributed by atoms with E-state index in [-0.39, 0.29) is 12.1 Å². The zero-order valence-corrected chi connectivity index (χ0v) is 13.0. The molecule has 112 valence electrons. The van der Waals surface area contributed by atoms with Gasteiger partial charge in [0.25, 0.3) is 0 Å². The van der Waals surface area contributed by atoms with Gasteiger partial charge in [0, 0.05) is 17.1 Å². The highest BCUT2D eigenvalue weighted by Gasteiger charge is 2.42. The van der Waals surface area contributed by atoms with Crippen molar-refractivity contribution in [1.29, 1.82) is 0 Å². The Balaban J connectivity index is 2.03. The largest absolute Gasteiger partial charge is 0.394 e. The van der Waals surface area contributed by atoms with Crippen molar-refractivity contribution in [2.45, 2.75) is 82.8 Å². The van der Waals surface area contributed by atoms with Gasteiger partial charge in [-0.05, 0) is 71.9 Å². The molecule has 3 heteroatoms. The highest BCUT2D eigenvalue weighted by Crippen LogP contribution is 2.38. The Hall–Kier alpha value is -0.120. The standard InChI is InChI=1S/C16H32N2O/c1-4-10-17-16(13-19)9-5-7-14(12-16)18-11-6-8-15(18,2)3/h14,17,19H,4-13H2,1-3H3. The van der Waals surface area contributed by atoms with Gasteiger partial charge in [0.15, 0.2) is 0 Å². The van der Waals surface area contributed by atoms with Crippen LogP contribution in [0.5, 0.6) is 0 Å². The Morgan fingerprint density at radius 2 is 2.05 bits per heavy atom. The number of aliphatic hydroxyl groups excluding tert-OH is 1. The Bertz CT molecular complexity index is 292. The van der Waals surface area contributed by atoms with Gasteiger partial charge < -0.3 is 10.4 Å². The van der Waals surface area contributed by atoms with Crippen LogP contribution >= 0.6 is 0 Å². The molecule has 0 aromatic rings. The molecule has 1 aliphatic carbocycles. The fourth-order valence-electron chi connectivity index (χ4n) is 4.15. The molecule has 2 N–H and O–H groups in total. The van der Waals surface area contributed by atoms with Crippen molar-refractivity contribution in [2.24, 2.45) is 0 Å². The number of hydrogen-bond donors (Lipinski definition) is 2. The van der Waals surface area contributed by atoms with E-state index in [9.17, 15) is 5.11 Å². The lowest BCUT2D eigenvalue weighted by atomic mass is 9.78. The van der Waals surface area contributed by atoms with E-state index < -0.39 is 0 Å². The lowest BCUT2D eigenvalue weighted by molar-refractivity contribution is 0.0314. The van der Waals surface area contributed by atoms with Gasteiger partial charge in [-0.25, -0.2) is 0 Å². The van der Waals surface area contributed by atoms with E-state index in [4.69, 9.17) is 0 Å². The normalized spacial score (nSPS) is 35.7. The van der Waals surface area contributed by atoms with Gasteiger partial charge in [-0.2, -0.15) is 0 Å². The van der Waals surface area contributed by atoms with Crippen LogP contribution in [0.4, 0.5) is 0 Å². The molecule has 2 aliphatic rings. The highest BCUT2D eigenvalue weighted by molar-refractivity contribution is 5.00. The van der Waals surface area contributed by atoms with Gasteiger partial charge in [-0.1, -0.05) is 6.92 Å². The molecule has 2 fully saturated rings. The molecule has 1 heterocycles. The minimum absolute atomic E-state index is 0.0163. The van der Waals surface area contributed by atoms with E-state index in [1.54, 1.807) is 0 Å². The number of nitrogens with zero attached hydrogens (tertiary/aromatic N) is 1. The van der Waals surface area contributed by atoms with Crippen LogP contribution in [0.15, 0.2) is 0 Å². The van der Waals surface area contributed by atoms with Gasteiger partial charge in [-0.15, -0.1) is 0 Å². The smallest absolute Gasteiger partial charge is 0.0613 e. The molecule has 1 saturated heterocycles. The molecule has 2 atom stereocenters. The fourth-order valence-corrected chi connectivity index (χ4v) is 4.15. The van der Waals surface area contributed by atoms with Crippen LogP contribution in [0.1, 0.15) is 65.7 Å². The van der Waals surface area contributed by atoms with Crippen molar-refractivity contribution in [3.63, 3.8) is 0 Å². The number of likely N-dealkylation sites (tertiary alicyclic amines) is 1. The second-order valence-electron chi connectivity index (χ2n) is 7.22. The summed E-state index contributed by atoms with van der Waals surface area (Å²) in [7, 11) is 0. The first kappa shape index (κ1) is 15.3. The molecule has 1 saturated carbocycles. The Labute approximate surface area is 118 Å². The van der Waals surface area contributed by atoms with Crippen molar-refractivity contribution in [3.05, 3.63) is 0 Å². The highest BCUT2D eigenvalue weighted by atomic mass is 16.3. The third kappa shape index (κ3) is 3.32. The summed E-state index contributed by atoms with van der Waals surface area (Å²) in [5, 5.41) is 13.5. The van der Waals surface area contributed by atoms with Gasteiger partial charge in [0.2, 0.25) is 0 Å². The molecule has 1 aliphatic heterocycles. The first-order valence-corrected chi connectivity index (χ1v) is 8.16. The van der Waals surface area contributed by atoms with E-state index >= 15 is 0 Å². The molecule has 0 radical (unpaired) electrons. The maximum absolute atomic E-state index is 9.88. The van der Waals surface area contributed by atoms with Crippen LogP contribution < -0.4 is 5.32 Å². The topological polar surface area (TPSA) is 35.5 Å². The van der Waals surface area contributed by atoms with Gasteiger partial charge in [-0.3, -0.25) is 4.90 Å². The molecule has 0 spiro atoms. The molecule has 2 unspecified atom stereocenters. The SMILES string of the molecule is CCCNC1(CO)CCCC(N2CCCC2(C)C)C1. The Kier molecular flexibility index (Phi) is 4.91. The lowest BCUT2D eigenvalue weighted by Gasteiger charge is -2.47. The summed E-state index contributed by atoms with van der Waals surface area (Å²) in [6, 6.07) is 0.655. The third-order valence-electron chi connectivity index (χ3n) is 5.28. The molecule has 0 aromatic carbocycles. The van der Waals surface area contributed by atoms with Crippen LogP contribution in [0, 0.1) is 0 Å². The molecule has 0 bridgehead atoms.